The summed E-state index contributed by atoms with van der Waals surface area (Å²) >= 11 is 6.76. The normalized spacial score (nSPS) is 22.3. The summed E-state index contributed by atoms with van der Waals surface area (Å²) < 4.78 is 6.71. The van der Waals surface area contributed by atoms with Gasteiger partial charge in [0.15, 0.2) is 0 Å². The molecule has 1 saturated heterocycles. The van der Waals surface area contributed by atoms with Crippen LogP contribution in [0.3, 0.4) is 0 Å². The third-order valence-electron chi connectivity index (χ3n) is 2.89. The molecule has 0 radical (unpaired) electrons. The largest absolute Gasteiger partial charge is 0.368 e. The third kappa shape index (κ3) is 3.77. The van der Waals surface area contributed by atoms with Crippen LogP contribution < -0.4 is 0 Å². The summed E-state index contributed by atoms with van der Waals surface area (Å²) in [6.45, 7) is 5.18. The molecular formula is C13H16Br2N2O2. The van der Waals surface area contributed by atoms with Gasteiger partial charge < -0.3 is 9.64 Å². The molecule has 0 aliphatic carbocycles. The van der Waals surface area contributed by atoms with E-state index in [0.29, 0.717) is 18.7 Å². The molecule has 1 unspecified atom stereocenters. The predicted molar refractivity (Wildman–Crippen MR) is 80.6 cm³/mol. The minimum absolute atomic E-state index is 0.00359. The van der Waals surface area contributed by atoms with Crippen LogP contribution in [-0.4, -0.2) is 45.9 Å². The maximum Gasteiger partial charge on any atom is 0.255 e. The van der Waals surface area contributed by atoms with Crippen molar-refractivity contribution in [1.29, 1.82) is 0 Å². The number of hydrogen-bond acceptors (Lipinski definition) is 3. The summed E-state index contributed by atoms with van der Waals surface area (Å²) in [7, 11) is 0. The van der Waals surface area contributed by atoms with Crippen LogP contribution in [-0.2, 0) is 4.74 Å². The van der Waals surface area contributed by atoms with Crippen molar-refractivity contribution in [3.63, 3.8) is 0 Å². The monoisotopic (exact) mass is 390 g/mol. The standard InChI is InChI=1S/C13H16Br2N2O2/c1-13(2)8-17(7-11(4-14)19-13)12(18)9-3-10(15)6-16-5-9/h3,5-6,11H,4,7-8H2,1-2H3. The van der Waals surface area contributed by atoms with E-state index in [1.54, 1.807) is 18.5 Å². The van der Waals surface area contributed by atoms with Gasteiger partial charge in [-0.05, 0) is 35.8 Å². The average Bonchev–Trinajstić information content (AvgIpc) is 2.36. The Bertz CT molecular complexity index is 479. The first kappa shape index (κ1) is 14.9. The maximum atomic E-state index is 12.5. The highest BCUT2D eigenvalue weighted by Gasteiger charge is 2.35. The van der Waals surface area contributed by atoms with Gasteiger partial charge in [0.1, 0.15) is 0 Å². The third-order valence-corrected chi connectivity index (χ3v) is 4.05. The summed E-state index contributed by atoms with van der Waals surface area (Å²) in [5.41, 5.74) is 0.270. The number of ether oxygens (including phenoxy) is 1. The lowest BCUT2D eigenvalue weighted by Gasteiger charge is -2.42. The molecule has 6 heteroatoms. The highest BCUT2D eigenvalue weighted by atomic mass is 79.9. The van der Waals surface area contributed by atoms with E-state index in [9.17, 15) is 4.79 Å². The van der Waals surface area contributed by atoms with E-state index in [1.165, 1.54) is 0 Å². The smallest absolute Gasteiger partial charge is 0.255 e. The fourth-order valence-corrected chi connectivity index (χ4v) is 2.94. The van der Waals surface area contributed by atoms with Crippen molar-refractivity contribution in [3.05, 3.63) is 28.5 Å². The van der Waals surface area contributed by atoms with Crippen molar-refractivity contribution in [2.75, 3.05) is 18.4 Å². The first-order chi connectivity index (χ1) is 8.91. The first-order valence-corrected chi connectivity index (χ1v) is 7.96. The van der Waals surface area contributed by atoms with E-state index >= 15 is 0 Å². The molecule has 2 rings (SSSR count). The fourth-order valence-electron chi connectivity index (χ4n) is 2.24. The van der Waals surface area contributed by atoms with Crippen LogP contribution in [0.1, 0.15) is 24.2 Å². The van der Waals surface area contributed by atoms with Gasteiger partial charge in [-0.15, -0.1) is 0 Å². The zero-order valence-corrected chi connectivity index (χ0v) is 14.1. The molecule has 104 valence electrons. The summed E-state index contributed by atoms with van der Waals surface area (Å²) in [5, 5.41) is 0.719. The number of nitrogens with zero attached hydrogens (tertiary/aromatic N) is 2. The lowest BCUT2D eigenvalue weighted by Crippen LogP contribution is -2.55. The minimum atomic E-state index is -0.328. The molecule has 1 fully saturated rings. The van der Waals surface area contributed by atoms with E-state index in [0.717, 1.165) is 9.80 Å². The second-order valence-corrected chi connectivity index (χ2v) is 6.79. The van der Waals surface area contributed by atoms with Gasteiger partial charge in [0.05, 0.1) is 17.3 Å². The second kappa shape index (κ2) is 5.89. The molecule has 0 saturated carbocycles. The highest BCUT2D eigenvalue weighted by Crippen LogP contribution is 2.23. The molecule has 19 heavy (non-hydrogen) atoms. The molecule has 1 aliphatic heterocycles. The highest BCUT2D eigenvalue weighted by molar-refractivity contribution is 9.10. The van der Waals surface area contributed by atoms with Crippen LogP contribution in [0.25, 0.3) is 0 Å². The number of alkyl halides is 1. The number of carbonyl (C=O) groups excluding carboxylic acids is 1. The van der Waals surface area contributed by atoms with Crippen molar-refractivity contribution < 1.29 is 9.53 Å². The number of halogens is 2. The number of pyridine rings is 1. The van der Waals surface area contributed by atoms with Gasteiger partial charge in [0, 0.05) is 35.3 Å². The molecule has 1 aromatic rings. The number of amides is 1. The molecule has 4 nitrogen and oxygen atoms in total. The first-order valence-electron chi connectivity index (χ1n) is 6.05. The van der Waals surface area contributed by atoms with Gasteiger partial charge in [0.25, 0.3) is 5.91 Å². The Labute approximate surface area is 129 Å². The van der Waals surface area contributed by atoms with Crippen LogP contribution >= 0.6 is 31.9 Å². The number of carbonyl (C=O) groups is 1. The number of rotatable bonds is 2. The van der Waals surface area contributed by atoms with Gasteiger partial charge in [-0.1, -0.05) is 15.9 Å². The van der Waals surface area contributed by atoms with E-state index in [2.05, 4.69) is 36.8 Å². The van der Waals surface area contributed by atoms with Gasteiger partial charge in [-0.2, -0.15) is 0 Å². The molecule has 2 heterocycles. The lowest BCUT2D eigenvalue weighted by molar-refractivity contribution is -0.116. The molecule has 0 bridgehead atoms. The Morgan fingerprint density at radius 3 is 2.95 bits per heavy atom. The van der Waals surface area contributed by atoms with Crippen molar-refractivity contribution in [2.45, 2.75) is 25.6 Å². The van der Waals surface area contributed by atoms with Crippen molar-refractivity contribution in [3.8, 4) is 0 Å². The lowest BCUT2D eigenvalue weighted by atomic mass is 10.0. The Kier molecular flexibility index (Phi) is 4.63. The van der Waals surface area contributed by atoms with Crippen molar-refractivity contribution >= 4 is 37.8 Å². The molecule has 1 atom stereocenters. The molecule has 0 aromatic carbocycles. The summed E-state index contributed by atoms with van der Waals surface area (Å²) in [6.07, 6.45) is 3.29. The molecule has 1 aromatic heterocycles. The summed E-state index contributed by atoms with van der Waals surface area (Å²) in [6, 6.07) is 1.79. The topological polar surface area (TPSA) is 42.4 Å². The van der Waals surface area contributed by atoms with Gasteiger partial charge in [-0.3, -0.25) is 9.78 Å². The van der Waals surface area contributed by atoms with Crippen molar-refractivity contribution in [1.82, 2.24) is 9.88 Å². The summed E-state index contributed by atoms with van der Waals surface area (Å²) in [5.74, 6) is -0.00359. The SMILES string of the molecule is CC1(C)CN(C(=O)c2cncc(Br)c2)CC(CBr)O1. The molecule has 0 spiro atoms. The average molecular weight is 392 g/mol. The maximum absolute atomic E-state index is 12.5. The molecule has 1 aliphatic rings. The van der Waals surface area contributed by atoms with E-state index in [4.69, 9.17) is 4.74 Å². The van der Waals surface area contributed by atoms with Gasteiger partial charge in [-0.25, -0.2) is 0 Å². The molecule has 0 N–H and O–H groups in total. The zero-order chi connectivity index (χ0) is 14.0. The van der Waals surface area contributed by atoms with Crippen LogP contribution in [0.4, 0.5) is 0 Å². The van der Waals surface area contributed by atoms with E-state index in [-0.39, 0.29) is 17.6 Å². The summed E-state index contributed by atoms with van der Waals surface area (Å²) in [4.78, 5) is 18.4. The minimum Gasteiger partial charge on any atom is -0.368 e. The van der Waals surface area contributed by atoms with Crippen LogP contribution in [0, 0.1) is 0 Å². The van der Waals surface area contributed by atoms with Crippen LogP contribution in [0.2, 0.25) is 0 Å². The quantitative estimate of drug-likeness (QED) is 0.728. The van der Waals surface area contributed by atoms with Crippen LogP contribution in [0.15, 0.2) is 22.9 Å². The fraction of sp³-hybridized carbons (Fsp3) is 0.538. The molecule has 1 amide bonds. The van der Waals surface area contributed by atoms with Crippen LogP contribution in [0.5, 0.6) is 0 Å². The van der Waals surface area contributed by atoms with E-state index in [1.807, 2.05) is 18.7 Å². The molecular weight excluding hydrogens is 376 g/mol. The zero-order valence-electron chi connectivity index (χ0n) is 10.9. The Morgan fingerprint density at radius 2 is 2.32 bits per heavy atom. The number of hydrogen-bond donors (Lipinski definition) is 0. The number of aromatic nitrogens is 1. The number of morpholine rings is 1. The van der Waals surface area contributed by atoms with E-state index < -0.39 is 0 Å². The second-order valence-electron chi connectivity index (χ2n) is 5.23. The Balaban J connectivity index is 2.18. The van der Waals surface area contributed by atoms with Gasteiger partial charge >= 0.3 is 0 Å². The Morgan fingerprint density at radius 1 is 1.58 bits per heavy atom. The van der Waals surface area contributed by atoms with Gasteiger partial charge in [0.2, 0.25) is 0 Å². The Hall–Kier alpha value is -0.460. The van der Waals surface area contributed by atoms with Crippen molar-refractivity contribution in [2.24, 2.45) is 0 Å². The predicted octanol–water partition coefficient (Wildman–Crippen LogP) is 2.86.